The van der Waals surface area contributed by atoms with Crippen molar-refractivity contribution < 1.29 is 13.2 Å². The van der Waals surface area contributed by atoms with E-state index in [9.17, 15) is 13.2 Å². The molecule has 2 heterocycles. The molecule has 1 saturated heterocycles. The van der Waals surface area contributed by atoms with Crippen molar-refractivity contribution in [2.45, 2.75) is 37.6 Å². The third-order valence-electron chi connectivity index (χ3n) is 4.46. The zero-order valence-corrected chi connectivity index (χ0v) is 19.1. The number of amides is 1. The Morgan fingerprint density at radius 1 is 1.25 bits per heavy atom. The summed E-state index contributed by atoms with van der Waals surface area (Å²) in [6, 6.07) is 11.3. The van der Waals surface area contributed by atoms with Crippen LogP contribution < -0.4 is 10.6 Å². The van der Waals surface area contributed by atoms with Crippen LogP contribution >= 0.6 is 26.6 Å². The van der Waals surface area contributed by atoms with Crippen molar-refractivity contribution >= 4 is 47.4 Å². The molecular weight excluding hydrogens is 466 g/mol. The summed E-state index contributed by atoms with van der Waals surface area (Å²) in [6.45, 7) is 7.45. The van der Waals surface area contributed by atoms with Gasteiger partial charge in [-0.1, -0.05) is 25.1 Å². The van der Waals surface area contributed by atoms with Crippen LogP contribution in [-0.4, -0.2) is 31.4 Å². The molecule has 6 nitrogen and oxygen atoms in total. The number of halogens is 2. The fraction of sp³-hybridized carbons (Fsp3) is 0.368. The third kappa shape index (κ3) is 5.68. The van der Waals surface area contributed by atoms with E-state index in [2.05, 4.69) is 46.6 Å². The molecule has 2 N–H and O–H groups in total. The Balaban J connectivity index is 0.000000237. The largest absolute Gasteiger partial charge is 0.365 e. The van der Waals surface area contributed by atoms with E-state index in [4.69, 9.17) is 16.4 Å². The van der Waals surface area contributed by atoms with Gasteiger partial charge in [0.05, 0.1) is 10.5 Å². The maximum absolute atomic E-state index is 11.5. The minimum absolute atomic E-state index is 0.00257. The van der Waals surface area contributed by atoms with E-state index >= 15 is 0 Å². The van der Waals surface area contributed by atoms with Crippen LogP contribution in [0.3, 0.4) is 0 Å². The summed E-state index contributed by atoms with van der Waals surface area (Å²) in [5.74, 6) is 0.841. The standard InChI is InChI=1S/C13H18BrN3O.C6H5ClO2S/c1-8-6-13(2,3)17(7-8)12-9(11(15)18)4-5-10(14)16-12;7-10(8,9)6-4-2-1-3-5-6/h4-5,8H,6-7H2,1-3H3,(H2,15,18);1-5H/t8-;/m0./s1. The lowest BCUT2D eigenvalue weighted by molar-refractivity contribution is 0.100. The first-order chi connectivity index (χ1) is 12.9. The number of nitrogens with two attached hydrogens (primary N) is 1. The Kier molecular flexibility index (Phi) is 7.12. The van der Waals surface area contributed by atoms with Gasteiger partial charge in [0.2, 0.25) is 0 Å². The van der Waals surface area contributed by atoms with E-state index in [1.54, 1.807) is 30.3 Å². The highest BCUT2D eigenvalue weighted by Crippen LogP contribution is 2.37. The van der Waals surface area contributed by atoms with Crippen LogP contribution in [0.1, 0.15) is 37.6 Å². The van der Waals surface area contributed by atoms with Crippen LogP contribution in [0.25, 0.3) is 0 Å². The molecule has 0 radical (unpaired) electrons. The molecule has 0 saturated carbocycles. The molecule has 1 aliphatic rings. The Labute approximate surface area is 178 Å². The van der Waals surface area contributed by atoms with E-state index in [1.165, 1.54) is 12.1 Å². The number of primary amides is 1. The van der Waals surface area contributed by atoms with Crippen LogP contribution in [0.5, 0.6) is 0 Å². The van der Waals surface area contributed by atoms with E-state index < -0.39 is 15.0 Å². The molecule has 1 atom stereocenters. The average Bonchev–Trinajstić information content (AvgIpc) is 2.87. The number of hydrogen-bond acceptors (Lipinski definition) is 5. The summed E-state index contributed by atoms with van der Waals surface area (Å²) in [5, 5.41) is 0. The minimum atomic E-state index is -3.53. The lowest BCUT2D eigenvalue weighted by Gasteiger charge is -2.33. The van der Waals surface area contributed by atoms with Crippen molar-refractivity contribution in [3.63, 3.8) is 0 Å². The number of aromatic nitrogens is 1. The quantitative estimate of drug-likeness (QED) is 0.517. The first kappa shape index (κ1) is 22.6. The van der Waals surface area contributed by atoms with Crippen molar-refractivity contribution in [3.05, 3.63) is 52.6 Å². The molecule has 28 heavy (non-hydrogen) atoms. The predicted molar refractivity (Wildman–Crippen MR) is 115 cm³/mol. The van der Waals surface area contributed by atoms with Gasteiger partial charge in [-0.3, -0.25) is 4.79 Å². The number of benzene rings is 1. The second-order valence-corrected chi connectivity index (χ2v) is 10.7. The summed E-state index contributed by atoms with van der Waals surface area (Å²) >= 11 is 3.36. The van der Waals surface area contributed by atoms with Crippen molar-refractivity contribution in [1.82, 2.24) is 4.98 Å². The van der Waals surface area contributed by atoms with Crippen LogP contribution in [0.2, 0.25) is 0 Å². The molecule has 1 fully saturated rings. The number of rotatable bonds is 3. The average molecular weight is 489 g/mol. The number of carbonyl (C=O) groups is 1. The van der Waals surface area contributed by atoms with Gasteiger partial charge in [-0.25, -0.2) is 13.4 Å². The van der Waals surface area contributed by atoms with E-state index in [1.807, 2.05) is 0 Å². The molecule has 0 unspecified atom stereocenters. The second-order valence-electron chi connectivity index (χ2n) is 7.35. The van der Waals surface area contributed by atoms with E-state index in [-0.39, 0.29) is 10.4 Å². The maximum Gasteiger partial charge on any atom is 0.261 e. The second kappa shape index (κ2) is 8.80. The van der Waals surface area contributed by atoms with Gasteiger partial charge in [0.25, 0.3) is 15.0 Å². The van der Waals surface area contributed by atoms with Crippen molar-refractivity contribution in [1.29, 1.82) is 0 Å². The Morgan fingerprint density at radius 2 is 1.86 bits per heavy atom. The Morgan fingerprint density at radius 3 is 2.29 bits per heavy atom. The lowest BCUT2D eigenvalue weighted by atomic mass is 9.97. The highest BCUT2D eigenvalue weighted by molar-refractivity contribution is 9.10. The first-order valence-corrected chi connectivity index (χ1v) is 11.8. The molecular formula is C19H23BrClN3O3S. The molecule has 1 aromatic heterocycles. The van der Waals surface area contributed by atoms with E-state index in [0.29, 0.717) is 17.3 Å². The van der Waals surface area contributed by atoms with Crippen LogP contribution in [0.15, 0.2) is 52.0 Å². The number of anilines is 1. The summed E-state index contributed by atoms with van der Waals surface area (Å²) in [5.41, 5.74) is 5.92. The number of hydrogen-bond donors (Lipinski definition) is 1. The zero-order valence-electron chi connectivity index (χ0n) is 15.9. The van der Waals surface area contributed by atoms with Crippen LogP contribution in [-0.2, 0) is 9.05 Å². The van der Waals surface area contributed by atoms with Gasteiger partial charge >= 0.3 is 0 Å². The molecule has 2 aromatic rings. The Bertz CT molecular complexity index is 952. The fourth-order valence-electron chi connectivity index (χ4n) is 3.37. The van der Waals surface area contributed by atoms with Crippen molar-refractivity contribution in [3.8, 4) is 0 Å². The SMILES string of the molecule is C[C@@H]1CN(c2nc(Br)ccc2C(N)=O)C(C)(C)C1.O=S(=O)(Cl)c1ccccc1. The molecule has 0 spiro atoms. The van der Waals surface area contributed by atoms with Crippen molar-refractivity contribution in [2.75, 3.05) is 11.4 Å². The molecule has 9 heteroatoms. The molecule has 0 aliphatic carbocycles. The molecule has 1 aliphatic heterocycles. The monoisotopic (exact) mass is 487 g/mol. The number of pyridine rings is 1. The van der Waals surface area contributed by atoms with Crippen molar-refractivity contribution in [2.24, 2.45) is 11.7 Å². The smallest absolute Gasteiger partial charge is 0.261 e. The van der Waals surface area contributed by atoms with Gasteiger partial charge in [-0.2, -0.15) is 0 Å². The van der Waals surface area contributed by atoms with Gasteiger partial charge in [0, 0.05) is 22.8 Å². The Hall–Kier alpha value is -1.64. The van der Waals surface area contributed by atoms with Gasteiger partial charge in [-0.05, 0) is 66.4 Å². The summed E-state index contributed by atoms with van der Waals surface area (Å²) < 4.78 is 21.9. The third-order valence-corrected chi connectivity index (χ3v) is 6.27. The van der Waals surface area contributed by atoms with Gasteiger partial charge in [0.15, 0.2) is 0 Å². The first-order valence-electron chi connectivity index (χ1n) is 8.65. The molecule has 152 valence electrons. The number of nitrogens with zero attached hydrogens (tertiary/aromatic N) is 2. The normalized spacial score (nSPS) is 18.3. The lowest BCUT2D eigenvalue weighted by Crippen LogP contribution is -2.40. The van der Waals surface area contributed by atoms with E-state index in [0.717, 1.165) is 17.6 Å². The summed E-state index contributed by atoms with van der Waals surface area (Å²) in [6.07, 6.45) is 1.08. The molecule has 3 rings (SSSR count). The molecule has 0 bridgehead atoms. The molecule has 1 amide bonds. The highest BCUT2D eigenvalue weighted by Gasteiger charge is 2.38. The van der Waals surface area contributed by atoms with Crippen LogP contribution in [0, 0.1) is 5.92 Å². The fourth-order valence-corrected chi connectivity index (χ4v) is 4.46. The van der Waals surface area contributed by atoms with Gasteiger partial charge in [-0.15, -0.1) is 0 Å². The van der Waals surface area contributed by atoms with Gasteiger partial charge < -0.3 is 10.6 Å². The highest BCUT2D eigenvalue weighted by atomic mass is 79.9. The zero-order chi connectivity index (χ0) is 21.1. The summed E-state index contributed by atoms with van der Waals surface area (Å²) in [7, 11) is 1.50. The molecule has 1 aromatic carbocycles. The number of carbonyl (C=O) groups excluding carboxylic acids is 1. The maximum atomic E-state index is 11.5. The topological polar surface area (TPSA) is 93.4 Å². The summed E-state index contributed by atoms with van der Waals surface area (Å²) in [4.78, 5) is 18.3. The predicted octanol–water partition coefficient (Wildman–Crippen LogP) is 4.18. The van der Waals surface area contributed by atoms with Gasteiger partial charge in [0.1, 0.15) is 10.4 Å². The minimum Gasteiger partial charge on any atom is -0.365 e. The van der Waals surface area contributed by atoms with Crippen LogP contribution in [0.4, 0.5) is 5.82 Å².